The number of hydrogen-bond acceptors (Lipinski definition) is 1. The van der Waals surface area contributed by atoms with E-state index in [1.807, 2.05) is 0 Å². The monoisotopic (exact) mass is 536 g/mol. The van der Waals surface area contributed by atoms with Gasteiger partial charge in [0, 0.05) is 0 Å². The summed E-state index contributed by atoms with van der Waals surface area (Å²) in [5, 5.41) is 0. The molecule has 2 saturated carbocycles. The van der Waals surface area contributed by atoms with Crippen molar-refractivity contribution in [2.24, 2.45) is 17.8 Å². The van der Waals surface area contributed by atoms with Gasteiger partial charge in [-0.3, -0.25) is 0 Å². The van der Waals surface area contributed by atoms with Crippen LogP contribution in [-0.2, 0) is 12.3 Å². The quantitative estimate of drug-likeness (QED) is 0.274. The van der Waals surface area contributed by atoms with Gasteiger partial charge < -0.3 is 4.74 Å². The lowest BCUT2D eigenvalue weighted by Gasteiger charge is -2.32. The van der Waals surface area contributed by atoms with Gasteiger partial charge in [0.2, 0.25) is 0 Å². The SMILES string of the molecule is CCCC[C@H]1CC[C@H](CC[C@H]2CC[C@H](c3ccc(C(F)(F)Oc4ccc(C(F)(F)F)cc4)cc3)CC2)CC1. The van der Waals surface area contributed by atoms with Crippen molar-refractivity contribution in [1.82, 2.24) is 0 Å². The second-order valence-corrected chi connectivity index (χ2v) is 11.6. The van der Waals surface area contributed by atoms with E-state index in [0.29, 0.717) is 5.92 Å². The van der Waals surface area contributed by atoms with Crippen LogP contribution in [0.1, 0.15) is 113 Å². The summed E-state index contributed by atoms with van der Waals surface area (Å²) in [5.74, 6) is 2.73. The van der Waals surface area contributed by atoms with Gasteiger partial charge in [0.1, 0.15) is 5.75 Å². The molecule has 0 N–H and O–H groups in total. The van der Waals surface area contributed by atoms with Gasteiger partial charge in [-0.25, -0.2) is 0 Å². The van der Waals surface area contributed by atoms with Crippen LogP contribution in [0.5, 0.6) is 5.75 Å². The minimum absolute atomic E-state index is 0.306. The molecule has 6 heteroatoms. The summed E-state index contributed by atoms with van der Waals surface area (Å²) in [4.78, 5) is 0. The lowest BCUT2D eigenvalue weighted by atomic mass is 9.74. The molecule has 1 nitrogen and oxygen atoms in total. The topological polar surface area (TPSA) is 9.23 Å². The Morgan fingerprint density at radius 3 is 1.61 bits per heavy atom. The first kappa shape index (κ1) is 28.9. The van der Waals surface area contributed by atoms with E-state index in [9.17, 15) is 22.0 Å². The molecule has 38 heavy (non-hydrogen) atoms. The fourth-order valence-corrected chi connectivity index (χ4v) is 6.43. The van der Waals surface area contributed by atoms with Crippen LogP contribution in [0.25, 0.3) is 0 Å². The molecule has 0 saturated heterocycles. The van der Waals surface area contributed by atoms with Crippen LogP contribution in [0.2, 0.25) is 0 Å². The number of ether oxygens (including phenoxy) is 1. The van der Waals surface area contributed by atoms with Crippen molar-refractivity contribution >= 4 is 0 Å². The summed E-state index contributed by atoms with van der Waals surface area (Å²) in [6.45, 7) is 2.28. The van der Waals surface area contributed by atoms with E-state index >= 15 is 0 Å². The zero-order chi connectivity index (χ0) is 27.2. The largest absolute Gasteiger partial charge is 0.429 e. The maximum absolute atomic E-state index is 14.7. The second kappa shape index (κ2) is 12.8. The molecule has 2 aromatic rings. The average molecular weight is 537 g/mol. The van der Waals surface area contributed by atoms with Crippen LogP contribution >= 0.6 is 0 Å². The smallest absolute Gasteiger partial charge is 0.426 e. The number of benzene rings is 2. The highest BCUT2D eigenvalue weighted by atomic mass is 19.4. The van der Waals surface area contributed by atoms with Crippen molar-refractivity contribution in [1.29, 1.82) is 0 Å². The van der Waals surface area contributed by atoms with E-state index in [-0.39, 0.29) is 11.3 Å². The molecule has 2 aliphatic carbocycles. The molecule has 0 aromatic heterocycles. The molecule has 0 amide bonds. The molecule has 2 aliphatic rings. The van der Waals surface area contributed by atoms with Crippen molar-refractivity contribution in [3.05, 3.63) is 65.2 Å². The highest BCUT2D eigenvalue weighted by Crippen LogP contribution is 2.41. The van der Waals surface area contributed by atoms with Crippen LogP contribution in [-0.4, -0.2) is 0 Å². The Balaban J connectivity index is 1.21. The second-order valence-electron chi connectivity index (χ2n) is 11.6. The third kappa shape index (κ3) is 7.95. The maximum atomic E-state index is 14.7. The summed E-state index contributed by atoms with van der Waals surface area (Å²) >= 11 is 0. The molecule has 0 radical (unpaired) electrons. The Labute approximate surface area is 224 Å². The van der Waals surface area contributed by atoms with Gasteiger partial charge in [-0.15, -0.1) is 0 Å². The van der Waals surface area contributed by atoms with Crippen LogP contribution in [0.3, 0.4) is 0 Å². The number of alkyl halides is 5. The first-order chi connectivity index (χ1) is 18.1. The van der Waals surface area contributed by atoms with Gasteiger partial charge in [-0.05, 0) is 91.3 Å². The van der Waals surface area contributed by atoms with Gasteiger partial charge in [0.05, 0.1) is 11.1 Å². The number of unbranched alkanes of at least 4 members (excludes halogenated alkanes) is 1. The summed E-state index contributed by atoms with van der Waals surface area (Å²) in [7, 11) is 0. The molecule has 0 atom stereocenters. The number of hydrogen-bond donors (Lipinski definition) is 0. The predicted octanol–water partition coefficient (Wildman–Crippen LogP) is 10.9. The van der Waals surface area contributed by atoms with Crippen molar-refractivity contribution < 1.29 is 26.7 Å². The maximum Gasteiger partial charge on any atom is 0.426 e. The molecule has 210 valence electrons. The van der Waals surface area contributed by atoms with Crippen LogP contribution in [0.4, 0.5) is 22.0 Å². The fraction of sp³-hybridized carbons (Fsp3) is 0.625. The van der Waals surface area contributed by atoms with Crippen molar-refractivity contribution in [3.8, 4) is 5.75 Å². The normalized spacial score (nSPS) is 24.8. The van der Waals surface area contributed by atoms with E-state index in [0.717, 1.165) is 60.4 Å². The minimum atomic E-state index is -4.52. The number of halogens is 5. The van der Waals surface area contributed by atoms with Crippen molar-refractivity contribution in [2.75, 3.05) is 0 Å². The Bertz CT molecular complexity index is 966. The van der Waals surface area contributed by atoms with Crippen LogP contribution in [0.15, 0.2) is 48.5 Å². The molecule has 0 aliphatic heterocycles. The highest BCUT2D eigenvalue weighted by molar-refractivity contribution is 5.31. The zero-order valence-electron chi connectivity index (χ0n) is 22.4. The first-order valence-corrected chi connectivity index (χ1v) is 14.5. The van der Waals surface area contributed by atoms with Crippen LogP contribution < -0.4 is 4.74 Å². The van der Waals surface area contributed by atoms with Gasteiger partial charge in [0.15, 0.2) is 0 Å². The molecular formula is C32H41F5O. The van der Waals surface area contributed by atoms with E-state index in [1.165, 1.54) is 82.8 Å². The van der Waals surface area contributed by atoms with Gasteiger partial charge in [-0.1, -0.05) is 76.8 Å². The third-order valence-corrected chi connectivity index (χ3v) is 8.91. The standard InChI is InChI=1S/C32H41F5O/c1-2-3-4-23-5-7-24(8-6-23)9-10-25-11-13-26(14-12-25)27-15-17-29(18-16-27)32(36,37)38-30-21-19-28(20-22-30)31(33,34)35/h15-26H,2-14H2,1H3/t23-,24-,25-,26-. The Hall–Kier alpha value is -2.11. The predicted molar refractivity (Wildman–Crippen MR) is 141 cm³/mol. The van der Waals surface area contributed by atoms with E-state index in [4.69, 9.17) is 4.74 Å². The van der Waals surface area contributed by atoms with Crippen LogP contribution in [0, 0.1) is 17.8 Å². The van der Waals surface area contributed by atoms with Crippen molar-refractivity contribution in [3.63, 3.8) is 0 Å². The Kier molecular flexibility index (Phi) is 9.75. The third-order valence-electron chi connectivity index (χ3n) is 8.91. The molecule has 2 aromatic carbocycles. The molecule has 0 bridgehead atoms. The van der Waals surface area contributed by atoms with E-state index in [1.54, 1.807) is 12.1 Å². The van der Waals surface area contributed by atoms with Gasteiger partial charge in [-0.2, -0.15) is 22.0 Å². The van der Waals surface area contributed by atoms with Gasteiger partial charge in [0.25, 0.3) is 0 Å². The lowest BCUT2D eigenvalue weighted by Crippen LogP contribution is -2.22. The minimum Gasteiger partial charge on any atom is -0.429 e. The Morgan fingerprint density at radius 2 is 1.11 bits per heavy atom. The van der Waals surface area contributed by atoms with Gasteiger partial charge >= 0.3 is 12.3 Å². The lowest BCUT2D eigenvalue weighted by molar-refractivity contribution is -0.185. The molecule has 2 fully saturated rings. The summed E-state index contributed by atoms with van der Waals surface area (Å²) in [5.41, 5.74) is -0.139. The van der Waals surface area contributed by atoms with E-state index < -0.39 is 17.8 Å². The summed E-state index contributed by atoms with van der Waals surface area (Å²) in [6.07, 6.45) is 8.85. The average Bonchev–Trinajstić information content (AvgIpc) is 2.91. The van der Waals surface area contributed by atoms with Crippen molar-refractivity contribution in [2.45, 2.75) is 109 Å². The fourth-order valence-electron chi connectivity index (χ4n) is 6.43. The molecule has 0 unspecified atom stereocenters. The molecular weight excluding hydrogens is 495 g/mol. The first-order valence-electron chi connectivity index (χ1n) is 14.5. The highest BCUT2D eigenvalue weighted by Gasteiger charge is 2.36. The molecule has 0 heterocycles. The zero-order valence-corrected chi connectivity index (χ0v) is 22.4. The van der Waals surface area contributed by atoms with E-state index in [2.05, 4.69) is 6.92 Å². The Morgan fingerprint density at radius 1 is 0.632 bits per heavy atom. The number of rotatable bonds is 10. The molecule has 4 rings (SSSR count). The molecule has 0 spiro atoms. The summed E-state index contributed by atoms with van der Waals surface area (Å²) in [6, 6.07) is 9.57. The summed E-state index contributed by atoms with van der Waals surface area (Å²) < 4.78 is 72.2.